The van der Waals surface area contributed by atoms with E-state index in [0.717, 1.165) is 19.5 Å². The SMILES string of the molecule is CC1OCCC1(O)CNC(=O)C1CCNC1. The number of nitrogens with one attached hydrogen (secondary N) is 2. The summed E-state index contributed by atoms with van der Waals surface area (Å²) in [4.78, 5) is 11.7. The zero-order chi connectivity index (χ0) is 11.6. The van der Waals surface area contributed by atoms with Gasteiger partial charge >= 0.3 is 0 Å². The van der Waals surface area contributed by atoms with Crippen molar-refractivity contribution in [3.05, 3.63) is 0 Å². The van der Waals surface area contributed by atoms with Gasteiger partial charge in [0.05, 0.1) is 12.0 Å². The molecule has 1 amide bonds. The highest BCUT2D eigenvalue weighted by atomic mass is 16.5. The van der Waals surface area contributed by atoms with Crippen molar-refractivity contribution in [1.82, 2.24) is 10.6 Å². The van der Waals surface area contributed by atoms with Gasteiger partial charge < -0.3 is 20.5 Å². The minimum atomic E-state index is -0.887. The summed E-state index contributed by atoms with van der Waals surface area (Å²) in [5.41, 5.74) is -0.887. The van der Waals surface area contributed by atoms with Crippen LogP contribution in [0.25, 0.3) is 0 Å². The maximum absolute atomic E-state index is 11.7. The van der Waals surface area contributed by atoms with Crippen LogP contribution in [-0.4, -0.2) is 49.0 Å². The standard InChI is InChI=1S/C11H20N2O3/c1-8-11(15,3-5-16-8)7-13-10(14)9-2-4-12-6-9/h8-9,12,15H,2-7H2,1H3,(H,13,14). The fourth-order valence-corrected chi connectivity index (χ4v) is 2.27. The largest absolute Gasteiger partial charge is 0.385 e. The highest BCUT2D eigenvalue weighted by Gasteiger charge is 2.40. The van der Waals surface area contributed by atoms with Crippen LogP contribution < -0.4 is 10.6 Å². The zero-order valence-electron chi connectivity index (χ0n) is 9.66. The summed E-state index contributed by atoms with van der Waals surface area (Å²) < 4.78 is 5.31. The molecule has 2 heterocycles. The lowest BCUT2D eigenvalue weighted by atomic mass is 9.96. The Bertz CT molecular complexity index is 266. The Balaban J connectivity index is 1.80. The topological polar surface area (TPSA) is 70.6 Å². The highest BCUT2D eigenvalue weighted by Crippen LogP contribution is 2.24. The van der Waals surface area contributed by atoms with Crippen LogP contribution in [0.1, 0.15) is 19.8 Å². The van der Waals surface area contributed by atoms with E-state index in [9.17, 15) is 9.90 Å². The fraction of sp³-hybridized carbons (Fsp3) is 0.909. The maximum atomic E-state index is 11.7. The molecule has 2 aliphatic heterocycles. The third-order valence-electron chi connectivity index (χ3n) is 3.66. The lowest BCUT2D eigenvalue weighted by molar-refractivity contribution is -0.126. The quantitative estimate of drug-likeness (QED) is 0.594. The van der Waals surface area contributed by atoms with Crippen LogP contribution >= 0.6 is 0 Å². The molecule has 92 valence electrons. The molecule has 5 heteroatoms. The highest BCUT2D eigenvalue weighted by molar-refractivity contribution is 5.79. The Morgan fingerprint density at radius 2 is 2.50 bits per heavy atom. The zero-order valence-corrected chi connectivity index (χ0v) is 9.66. The number of aliphatic hydroxyl groups is 1. The van der Waals surface area contributed by atoms with Crippen LogP contribution in [0.5, 0.6) is 0 Å². The Hall–Kier alpha value is -0.650. The summed E-state index contributed by atoms with van der Waals surface area (Å²) in [5.74, 6) is 0.0961. The Morgan fingerprint density at radius 3 is 3.06 bits per heavy atom. The first kappa shape index (κ1) is 11.8. The van der Waals surface area contributed by atoms with Crippen molar-refractivity contribution < 1.29 is 14.6 Å². The normalized spacial score (nSPS) is 38.9. The van der Waals surface area contributed by atoms with E-state index in [-0.39, 0.29) is 17.9 Å². The van der Waals surface area contributed by atoms with E-state index >= 15 is 0 Å². The van der Waals surface area contributed by atoms with Gasteiger partial charge in [0, 0.05) is 26.1 Å². The summed E-state index contributed by atoms with van der Waals surface area (Å²) in [6.45, 7) is 4.36. The molecule has 3 unspecified atom stereocenters. The average molecular weight is 228 g/mol. The van der Waals surface area contributed by atoms with Crippen molar-refractivity contribution in [2.75, 3.05) is 26.2 Å². The van der Waals surface area contributed by atoms with Crippen molar-refractivity contribution in [2.45, 2.75) is 31.5 Å². The summed E-state index contributed by atoms with van der Waals surface area (Å²) >= 11 is 0. The second-order valence-electron chi connectivity index (χ2n) is 4.77. The smallest absolute Gasteiger partial charge is 0.224 e. The van der Waals surface area contributed by atoms with Crippen molar-refractivity contribution in [3.8, 4) is 0 Å². The summed E-state index contributed by atoms with van der Waals surface area (Å²) in [5, 5.41) is 16.2. The van der Waals surface area contributed by atoms with Crippen molar-refractivity contribution in [1.29, 1.82) is 0 Å². The van der Waals surface area contributed by atoms with Gasteiger partial charge in [-0.05, 0) is 19.9 Å². The number of rotatable bonds is 3. The number of carbonyl (C=O) groups is 1. The molecule has 3 N–H and O–H groups in total. The molecular formula is C11H20N2O3. The Kier molecular flexibility index (Phi) is 3.47. The first-order valence-electron chi connectivity index (χ1n) is 5.94. The molecule has 2 aliphatic rings. The molecule has 0 aromatic heterocycles. The van der Waals surface area contributed by atoms with E-state index in [1.807, 2.05) is 6.92 Å². The number of carbonyl (C=O) groups excluding carboxylic acids is 1. The number of hydrogen-bond donors (Lipinski definition) is 3. The van der Waals surface area contributed by atoms with Crippen LogP contribution in [-0.2, 0) is 9.53 Å². The number of amides is 1. The molecule has 0 aliphatic carbocycles. The molecular weight excluding hydrogens is 208 g/mol. The van der Waals surface area contributed by atoms with Crippen LogP contribution in [0.15, 0.2) is 0 Å². The van der Waals surface area contributed by atoms with Crippen molar-refractivity contribution in [3.63, 3.8) is 0 Å². The number of ether oxygens (including phenoxy) is 1. The fourth-order valence-electron chi connectivity index (χ4n) is 2.27. The van der Waals surface area contributed by atoms with Crippen molar-refractivity contribution in [2.24, 2.45) is 5.92 Å². The van der Waals surface area contributed by atoms with Gasteiger partial charge in [-0.25, -0.2) is 0 Å². The first-order valence-corrected chi connectivity index (χ1v) is 5.94. The molecule has 2 fully saturated rings. The lowest BCUT2D eigenvalue weighted by Crippen LogP contribution is -2.48. The number of hydrogen-bond acceptors (Lipinski definition) is 4. The van der Waals surface area contributed by atoms with E-state index in [0.29, 0.717) is 19.6 Å². The minimum Gasteiger partial charge on any atom is -0.385 e. The first-order chi connectivity index (χ1) is 7.62. The molecule has 0 aromatic rings. The van der Waals surface area contributed by atoms with E-state index in [4.69, 9.17) is 4.74 Å². The van der Waals surface area contributed by atoms with E-state index in [1.54, 1.807) is 0 Å². The van der Waals surface area contributed by atoms with Gasteiger partial charge in [0.2, 0.25) is 5.91 Å². The summed E-state index contributed by atoms with van der Waals surface area (Å²) in [6.07, 6.45) is 1.28. The Morgan fingerprint density at radius 1 is 1.69 bits per heavy atom. The molecule has 0 bridgehead atoms. The molecule has 0 spiro atoms. The van der Waals surface area contributed by atoms with Gasteiger partial charge in [0.15, 0.2) is 0 Å². The molecule has 16 heavy (non-hydrogen) atoms. The predicted molar refractivity (Wildman–Crippen MR) is 59.0 cm³/mol. The monoisotopic (exact) mass is 228 g/mol. The van der Waals surface area contributed by atoms with Crippen LogP contribution in [0.2, 0.25) is 0 Å². The van der Waals surface area contributed by atoms with Gasteiger partial charge in [-0.2, -0.15) is 0 Å². The maximum Gasteiger partial charge on any atom is 0.224 e. The van der Waals surface area contributed by atoms with Crippen LogP contribution in [0.4, 0.5) is 0 Å². The second-order valence-corrected chi connectivity index (χ2v) is 4.77. The molecule has 0 aromatic carbocycles. The Labute approximate surface area is 95.5 Å². The van der Waals surface area contributed by atoms with Gasteiger partial charge in [0.25, 0.3) is 0 Å². The van der Waals surface area contributed by atoms with Crippen LogP contribution in [0.3, 0.4) is 0 Å². The van der Waals surface area contributed by atoms with Gasteiger partial charge in [-0.15, -0.1) is 0 Å². The van der Waals surface area contributed by atoms with Crippen molar-refractivity contribution >= 4 is 5.91 Å². The summed E-state index contributed by atoms with van der Waals surface area (Å²) in [7, 11) is 0. The van der Waals surface area contributed by atoms with Gasteiger partial charge in [0.1, 0.15) is 5.60 Å². The predicted octanol–water partition coefficient (Wildman–Crippen LogP) is -0.748. The molecule has 5 nitrogen and oxygen atoms in total. The third kappa shape index (κ3) is 2.36. The van der Waals surface area contributed by atoms with E-state index in [1.165, 1.54) is 0 Å². The summed E-state index contributed by atoms with van der Waals surface area (Å²) in [6, 6.07) is 0. The molecule has 3 atom stereocenters. The van der Waals surface area contributed by atoms with Gasteiger partial charge in [-0.3, -0.25) is 4.79 Å². The van der Waals surface area contributed by atoms with E-state index < -0.39 is 5.60 Å². The second kappa shape index (κ2) is 4.69. The minimum absolute atomic E-state index is 0.0394. The molecule has 0 radical (unpaired) electrons. The molecule has 2 saturated heterocycles. The third-order valence-corrected chi connectivity index (χ3v) is 3.66. The lowest BCUT2D eigenvalue weighted by Gasteiger charge is -2.26. The molecule has 0 saturated carbocycles. The van der Waals surface area contributed by atoms with E-state index in [2.05, 4.69) is 10.6 Å². The van der Waals surface area contributed by atoms with Gasteiger partial charge in [-0.1, -0.05) is 0 Å². The average Bonchev–Trinajstić information content (AvgIpc) is 2.87. The van der Waals surface area contributed by atoms with Crippen LogP contribution in [0, 0.1) is 5.92 Å². The molecule has 2 rings (SSSR count).